The van der Waals surface area contributed by atoms with Crippen molar-refractivity contribution in [3.8, 4) is 0 Å². The number of thiophene rings is 1. The molecule has 5 nitrogen and oxygen atoms in total. The number of carbonyl (C=O) groups excluding carboxylic acids is 1. The Bertz CT molecular complexity index is 1660. The number of H-pyrrole nitrogens is 1. The number of Topliss-reactive ketones (excluding diaryl/α,β-unsaturated/α-hetero) is 1. The summed E-state index contributed by atoms with van der Waals surface area (Å²) in [7, 11) is 0. The molecule has 1 aliphatic rings. The molecule has 0 saturated carbocycles. The second-order valence-electron chi connectivity index (χ2n) is 9.01. The van der Waals surface area contributed by atoms with Gasteiger partial charge in [0.25, 0.3) is 5.56 Å². The number of rotatable bonds is 7. The number of nitrogens with zero attached hydrogens (tertiary/aromatic N) is 2. The molecule has 7 heteroatoms. The van der Waals surface area contributed by atoms with Gasteiger partial charge in [0.2, 0.25) is 0 Å². The van der Waals surface area contributed by atoms with Crippen molar-refractivity contribution in [2.45, 2.75) is 42.6 Å². The van der Waals surface area contributed by atoms with E-state index < -0.39 is 5.25 Å². The van der Waals surface area contributed by atoms with E-state index in [1.54, 1.807) is 28.2 Å². The van der Waals surface area contributed by atoms with E-state index in [0.29, 0.717) is 17.3 Å². The molecule has 0 amide bonds. The lowest BCUT2D eigenvalue weighted by molar-refractivity contribution is 0.0991. The van der Waals surface area contributed by atoms with Gasteiger partial charge >= 0.3 is 0 Å². The number of aryl methyl sites for hydroxylation is 2. The first-order valence-corrected chi connectivity index (χ1v) is 13.8. The number of ketones is 1. The summed E-state index contributed by atoms with van der Waals surface area (Å²) in [5, 5.41) is 1.63. The second kappa shape index (κ2) is 9.56. The molecule has 0 unspecified atom stereocenters. The number of allylic oxidation sites excluding steroid dienone is 1. The number of nitrogens with one attached hydrogen (secondary N) is 1. The van der Waals surface area contributed by atoms with Gasteiger partial charge in [-0.1, -0.05) is 66.4 Å². The monoisotopic (exact) mass is 511 g/mol. The van der Waals surface area contributed by atoms with Gasteiger partial charge in [-0.2, -0.15) is 0 Å². The average Bonchev–Trinajstić information content (AvgIpc) is 3.51. The third-order valence-corrected chi connectivity index (χ3v) is 9.20. The Balaban J connectivity index is 1.50. The van der Waals surface area contributed by atoms with Gasteiger partial charge in [-0.05, 0) is 42.9 Å². The van der Waals surface area contributed by atoms with Gasteiger partial charge in [0, 0.05) is 34.1 Å². The zero-order valence-electron chi connectivity index (χ0n) is 19.7. The number of aromatic amines is 1. The van der Waals surface area contributed by atoms with Gasteiger partial charge in [-0.3, -0.25) is 14.2 Å². The van der Waals surface area contributed by atoms with Crippen LogP contribution in [0.2, 0.25) is 0 Å². The fourth-order valence-corrected chi connectivity index (χ4v) is 7.50. The summed E-state index contributed by atoms with van der Waals surface area (Å²) in [6, 6.07) is 17.5. The molecule has 0 radical (unpaired) electrons. The van der Waals surface area contributed by atoms with Crippen molar-refractivity contribution in [3.63, 3.8) is 0 Å². The van der Waals surface area contributed by atoms with Crippen LogP contribution in [-0.4, -0.2) is 20.3 Å². The fourth-order valence-electron chi connectivity index (χ4n) is 5.02. The zero-order valence-corrected chi connectivity index (χ0v) is 21.3. The minimum absolute atomic E-state index is 0.0198. The average molecular weight is 512 g/mol. The Morgan fingerprint density at radius 1 is 1.14 bits per heavy atom. The highest BCUT2D eigenvalue weighted by Gasteiger charge is 2.29. The van der Waals surface area contributed by atoms with E-state index in [1.807, 2.05) is 54.6 Å². The van der Waals surface area contributed by atoms with E-state index in [2.05, 4.69) is 11.6 Å². The number of aromatic nitrogens is 3. The van der Waals surface area contributed by atoms with Crippen LogP contribution >= 0.6 is 23.1 Å². The molecule has 1 atom stereocenters. The molecule has 0 spiro atoms. The van der Waals surface area contributed by atoms with Crippen LogP contribution in [0.15, 0.2) is 83.4 Å². The quantitative estimate of drug-likeness (QED) is 0.114. The topological polar surface area (TPSA) is 67.8 Å². The lowest BCUT2D eigenvalue weighted by Crippen LogP contribution is -2.24. The van der Waals surface area contributed by atoms with Gasteiger partial charge in [0.05, 0.1) is 5.39 Å². The fraction of sp³-hybridized carbons (Fsp3) is 0.207. The van der Waals surface area contributed by atoms with E-state index >= 15 is 0 Å². The lowest BCUT2D eigenvalue weighted by atomic mass is 9.97. The Labute approximate surface area is 216 Å². The zero-order chi connectivity index (χ0) is 24.6. The van der Waals surface area contributed by atoms with E-state index in [4.69, 9.17) is 4.98 Å². The smallest absolute Gasteiger partial charge is 0.263 e. The van der Waals surface area contributed by atoms with Crippen molar-refractivity contribution in [3.05, 3.63) is 105 Å². The molecule has 180 valence electrons. The first-order chi connectivity index (χ1) is 17.7. The van der Waals surface area contributed by atoms with E-state index in [9.17, 15) is 9.59 Å². The molecule has 1 N–H and O–H groups in total. The van der Waals surface area contributed by atoms with Crippen LogP contribution in [0.3, 0.4) is 0 Å². The van der Waals surface area contributed by atoms with Gasteiger partial charge in [0.15, 0.2) is 10.9 Å². The first kappa shape index (κ1) is 23.0. The minimum atomic E-state index is -0.555. The summed E-state index contributed by atoms with van der Waals surface area (Å²) in [6.07, 6.45) is 7.69. The lowest BCUT2D eigenvalue weighted by Gasteiger charge is -2.18. The summed E-state index contributed by atoms with van der Waals surface area (Å²) in [4.78, 5) is 38.0. The molecular weight excluding hydrogens is 486 g/mol. The van der Waals surface area contributed by atoms with Crippen LogP contribution in [0, 0.1) is 0 Å². The van der Waals surface area contributed by atoms with Crippen LogP contribution < -0.4 is 5.56 Å². The van der Waals surface area contributed by atoms with E-state index in [-0.39, 0.29) is 11.3 Å². The van der Waals surface area contributed by atoms with Gasteiger partial charge < -0.3 is 4.98 Å². The minimum Gasteiger partial charge on any atom is -0.360 e. The van der Waals surface area contributed by atoms with Crippen molar-refractivity contribution in [2.75, 3.05) is 0 Å². The van der Waals surface area contributed by atoms with Crippen molar-refractivity contribution in [1.82, 2.24) is 14.5 Å². The number of carbonyl (C=O) groups is 1. The SMILES string of the molecule is C=CCn1c(S[C@@H](C(=O)c2c[nH]c3ccccc23)c2ccccc2)nc2sc3c(c2c1=O)CCCC3. The Morgan fingerprint density at radius 3 is 2.75 bits per heavy atom. The van der Waals surface area contributed by atoms with Crippen LogP contribution in [-0.2, 0) is 19.4 Å². The normalized spacial score (nSPS) is 14.1. The molecule has 5 aromatic rings. The van der Waals surface area contributed by atoms with Gasteiger partial charge in [-0.15, -0.1) is 17.9 Å². The van der Waals surface area contributed by atoms with E-state index in [1.165, 1.54) is 22.2 Å². The molecule has 0 saturated heterocycles. The first-order valence-electron chi connectivity index (χ1n) is 12.1. The molecule has 0 aliphatic heterocycles. The molecule has 1 aliphatic carbocycles. The molecule has 0 fully saturated rings. The number of fused-ring (bicyclic) bond motifs is 4. The standard InChI is InChI=1S/C29H25N3O2S2/c1-2-16-32-28(34)24-20-13-7-9-15-23(20)35-27(24)31-29(32)36-26(18-10-4-3-5-11-18)25(33)21-17-30-22-14-8-6-12-19(21)22/h2-6,8,10-12,14,17,26,30H,1,7,9,13,15-16H2/t26-/m1/s1. The van der Waals surface area contributed by atoms with Gasteiger partial charge in [0.1, 0.15) is 10.1 Å². The van der Waals surface area contributed by atoms with Crippen LogP contribution in [0.5, 0.6) is 0 Å². The third-order valence-electron chi connectivity index (χ3n) is 6.77. The number of benzene rings is 2. The molecular formula is C29H25N3O2S2. The maximum Gasteiger partial charge on any atom is 0.263 e. The number of hydrogen-bond acceptors (Lipinski definition) is 5. The highest BCUT2D eigenvalue weighted by atomic mass is 32.2. The summed E-state index contributed by atoms with van der Waals surface area (Å²) in [6.45, 7) is 4.22. The molecule has 2 aromatic carbocycles. The summed E-state index contributed by atoms with van der Waals surface area (Å²) < 4.78 is 1.68. The maximum atomic E-state index is 14.0. The van der Waals surface area contributed by atoms with Crippen molar-refractivity contribution < 1.29 is 4.79 Å². The molecule has 0 bridgehead atoms. The number of thioether (sulfide) groups is 1. The Morgan fingerprint density at radius 2 is 1.92 bits per heavy atom. The van der Waals surface area contributed by atoms with Gasteiger partial charge in [-0.25, -0.2) is 4.98 Å². The maximum absolute atomic E-state index is 14.0. The molecule has 36 heavy (non-hydrogen) atoms. The highest BCUT2D eigenvalue weighted by Crippen LogP contribution is 2.40. The molecule has 3 heterocycles. The van der Waals surface area contributed by atoms with Crippen molar-refractivity contribution in [1.29, 1.82) is 0 Å². The molecule has 3 aromatic heterocycles. The Hall–Kier alpha value is -3.42. The van der Waals surface area contributed by atoms with E-state index in [0.717, 1.165) is 52.4 Å². The predicted molar refractivity (Wildman–Crippen MR) is 148 cm³/mol. The van der Waals surface area contributed by atoms with Crippen molar-refractivity contribution >= 4 is 50.0 Å². The van der Waals surface area contributed by atoms with Crippen LogP contribution in [0.25, 0.3) is 21.1 Å². The van der Waals surface area contributed by atoms with Crippen molar-refractivity contribution in [2.24, 2.45) is 0 Å². The number of hydrogen-bond donors (Lipinski definition) is 1. The number of para-hydroxylation sites is 1. The third kappa shape index (κ3) is 3.92. The summed E-state index contributed by atoms with van der Waals surface area (Å²) in [5.41, 5.74) is 3.57. The Kier molecular flexibility index (Phi) is 6.11. The second-order valence-corrected chi connectivity index (χ2v) is 11.2. The predicted octanol–water partition coefficient (Wildman–Crippen LogP) is 6.72. The largest absolute Gasteiger partial charge is 0.360 e. The van der Waals surface area contributed by atoms with Crippen LogP contribution in [0.1, 0.15) is 44.5 Å². The van der Waals surface area contributed by atoms with Crippen LogP contribution in [0.4, 0.5) is 0 Å². The summed E-state index contributed by atoms with van der Waals surface area (Å²) >= 11 is 2.98. The highest BCUT2D eigenvalue weighted by molar-refractivity contribution is 8.00. The summed E-state index contributed by atoms with van der Waals surface area (Å²) in [5.74, 6) is -0.0198. The molecule has 6 rings (SSSR count).